The van der Waals surface area contributed by atoms with Gasteiger partial charge in [-0.25, -0.2) is 4.98 Å². The molecular weight excluding hydrogens is 404 g/mol. The van der Waals surface area contributed by atoms with Gasteiger partial charge < -0.3 is 30.0 Å². The van der Waals surface area contributed by atoms with Crippen LogP contribution in [0.2, 0.25) is 0 Å². The van der Waals surface area contributed by atoms with E-state index >= 15 is 0 Å². The zero-order valence-electron chi connectivity index (χ0n) is 16.8. The molecule has 0 radical (unpaired) electrons. The third-order valence-electron chi connectivity index (χ3n) is 5.29. The highest BCUT2D eigenvalue weighted by Gasteiger charge is 2.32. The maximum absolute atomic E-state index is 12.4. The minimum atomic E-state index is -0.524. The smallest absolute Gasteiger partial charge is 0.271 e. The largest absolute Gasteiger partial charge is 0.454 e. The molecule has 1 aromatic heterocycles. The number of hydrogen-bond donors (Lipinski definition) is 3. The van der Waals surface area contributed by atoms with Gasteiger partial charge in [-0.3, -0.25) is 14.6 Å². The van der Waals surface area contributed by atoms with Crippen molar-refractivity contribution in [3.8, 4) is 11.5 Å². The molecule has 1 saturated heterocycles. The summed E-state index contributed by atoms with van der Waals surface area (Å²) in [5, 5.41) is 15.4. The van der Waals surface area contributed by atoms with Crippen molar-refractivity contribution in [2.45, 2.75) is 37.5 Å². The number of benzene rings is 1. The Morgan fingerprint density at radius 3 is 2.81 bits per heavy atom. The van der Waals surface area contributed by atoms with Crippen LogP contribution in [0.25, 0.3) is 0 Å². The zero-order valence-corrected chi connectivity index (χ0v) is 16.8. The van der Waals surface area contributed by atoms with Crippen LogP contribution >= 0.6 is 0 Å². The molecule has 2 aliphatic rings. The summed E-state index contributed by atoms with van der Waals surface area (Å²) in [7, 11) is 0. The molecule has 3 heterocycles. The highest BCUT2D eigenvalue weighted by molar-refractivity contribution is 5.95. The van der Waals surface area contributed by atoms with E-state index in [4.69, 9.17) is 14.2 Å². The lowest BCUT2D eigenvalue weighted by Gasteiger charge is -2.36. The van der Waals surface area contributed by atoms with Crippen LogP contribution in [-0.2, 0) is 4.74 Å². The van der Waals surface area contributed by atoms with E-state index in [9.17, 15) is 14.7 Å². The first-order valence-corrected chi connectivity index (χ1v) is 10.1. The molecule has 164 valence electrons. The molecule has 1 aromatic carbocycles. The van der Waals surface area contributed by atoms with Crippen molar-refractivity contribution in [3.63, 3.8) is 0 Å². The van der Waals surface area contributed by atoms with E-state index in [-0.39, 0.29) is 43.1 Å². The fourth-order valence-electron chi connectivity index (χ4n) is 3.65. The number of rotatable bonds is 7. The maximum atomic E-state index is 12.4. The van der Waals surface area contributed by atoms with E-state index in [0.29, 0.717) is 42.9 Å². The van der Waals surface area contributed by atoms with Crippen LogP contribution in [0.3, 0.4) is 0 Å². The highest BCUT2D eigenvalue weighted by atomic mass is 16.7. The van der Waals surface area contributed by atoms with Crippen LogP contribution in [0.1, 0.15) is 40.1 Å². The Morgan fingerprint density at radius 2 is 2.00 bits per heavy atom. The van der Waals surface area contributed by atoms with Crippen molar-refractivity contribution in [1.29, 1.82) is 0 Å². The number of fused-ring (bicyclic) bond motifs is 1. The van der Waals surface area contributed by atoms with Gasteiger partial charge in [0.25, 0.3) is 11.8 Å². The standard InChI is InChI=1S/C21H24N4O6/c26-11-19-15(25-21(28)16-10-22-7-8-23-16)3-2-14(31-19)5-6-24-20(27)13-1-4-17-18(9-13)30-12-29-17/h1,4,7-10,14-15,19,26H,2-3,5-6,11-12H2,(H,24,27)(H,25,28)/t14-,15-,19+/m0/s1. The Kier molecular flexibility index (Phi) is 6.58. The molecule has 0 bridgehead atoms. The van der Waals surface area contributed by atoms with E-state index < -0.39 is 6.10 Å². The third kappa shape index (κ3) is 5.09. The number of nitrogens with zero attached hydrogens (tertiary/aromatic N) is 2. The molecule has 1 fully saturated rings. The number of aliphatic hydroxyl groups is 1. The number of ether oxygens (including phenoxy) is 3. The minimum Gasteiger partial charge on any atom is -0.454 e. The molecule has 0 saturated carbocycles. The van der Waals surface area contributed by atoms with E-state index in [1.54, 1.807) is 18.2 Å². The molecule has 0 spiro atoms. The molecule has 2 aliphatic heterocycles. The summed E-state index contributed by atoms with van der Waals surface area (Å²) in [6.07, 6.45) is 5.62. The van der Waals surface area contributed by atoms with Crippen LogP contribution in [0.15, 0.2) is 36.8 Å². The van der Waals surface area contributed by atoms with Gasteiger partial charge in [-0.15, -0.1) is 0 Å². The van der Waals surface area contributed by atoms with Crippen LogP contribution in [0.4, 0.5) is 0 Å². The summed E-state index contributed by atoms with van der Waals surface area (Å²) in [6, 6.07) is 4.73. The van der Waals surface area contributed by atoms with Crippen molar-refractivity contribution < 1.29 is 28.9 Å². The Labute approximate surface area is 178 Å². The number of carbonyl (C=O) groups is 2. The number of aromatic nitrogens is 2. The van der Waals surface area contributed by atoms with E-state index in [0.717, 1.165) is 0 Å². The predicted molar refractivity (Wildman–Crippen MR) is 108 cm³/mol. The lowest BCUT2D eigenvalue weighted by atomic mass is 9.97. The highest BCUT2D eigenvalue weighted by Crippen LogP contribution is 2.32. The van der Waals surface area contributed by atoms with Gasteiger partial charge in [0.2, 0.25) is 6.79 Å². The fraction of sp³-hybridized carbons (Fsp3) is 0.429. The van der Waals surface area contributed by atoms with Crippen molar-refractivity contribution in [2.24, 2.45) is 0 Å². The quantitative estimate of drug-likeness (QED) is 0.586. The Hall–Kier alpha value is -3.24. The molecule has 4 rings (SSSR count). The van der Waals surface area contributed by atoms with Gasteiger partial charge >= 0.3 is 0 Å². The van der Waals surface area contributed by atoms with Gasteiger partial charge in [0.15, 0.2) is 11.5 Å². The maximum Gasteiger partial charge on any atom is 0.271 e. The lowest BCUT2D eigenvalue weighted by molar-refractivity contribution is -0.0893. The van der Waals surface area contributed by atoms with Gasteiger partial charge in [-0.05, 0) is 37.5 Å². The monoisotopic (exact) mass is 428 g/mol. The molecular formula is C21H24N4O6. The number of hydrogen-bond acceptors (Lipinski definition) is 8. The normalized spacial score (nSPS) is 22.0. The van der Waals surface area contributed by atoms with Crippen LogP contribution in [0, 0.1) is 0 Å². The van der Waals surface area contributed by atoms with Crippen LogP contribution in [0.5, 0.6) is 11.5 Å². The second kappa shape index (κ2) is 9.71. The summed E-state index contributed by atoms with van der Waals surface area (Å²) in [4.78, 5) is 32.5. The van der Waals surface area contributed by atoms with E-state index in [2.05, 4.69) is 20.6 Å². The van der Waals surface area contributed by atoms with Crippen molar-refractivity contribution >= 4 is 11.8 Å². The predicted octanol–water partition coefficient (Wildman–Crippen LogP) is 0.664. The molecule has 10 nitrogen and oxygen atoms in total. The first kappa shape index (κ1) is 21.0. The zero-order chi connectivity index (χ0) is 21.6. The summed E-state index contributed by atoms with van der Waals surface area (Å²) in [5.41, 5.74) is 0.710. The average molecular weight is 428 g/mol. The van der Waals surface area contributed by atoms with Crippen molar-refractivity contribution in [3.05, 3.63) is 48.0 Å². The summed E-state index contributed by atoms with van der Waals surface area (Å²) in [5.74, 6) is 0.628. The summed E-state index contributed by atoms with van der Waals surface area (Å²) in [6.45, 7) is 0.365. The second-order valence-corrected chi connectivity index (χ2v) is 7.34. The van der Waals surface area contributed by atoms with Gasteiger partial charge in [0, 0.05) is 24.5 Å². The number of aliphatic hydroxyl groups excluding tert-OH is 1. The van der Waals surface area contributed by atoms with E-state index in [1.807, 2.05) is 0 Å². The minimum absolute atomic E-state index is 0.126. The third-order valence-corrected chi connectivity index (χ3v) is 5.29. The Morgan fingerprint density at radius 1 is 1.13 bits per heavy atom. The number of amides is 2. The number of nitrogens with one attached hydrogen (secondary N) is 2. The second-order valence-electron chi connectivity index (χ2n) is 7.34. The van der Waals surface area contributed by atoms with Crippen molar-refractivity contribution in [2.75, 3.05) is 19.9 Å². The molecule has 10 heteroatoms. The molecule has 0 aliphatic carbocycles. The average Bonchev–Trinajstić information content (AvgIpc) is 3.28. The summed E-state index contributed by atoms with van der Waals surface area (Å²) >= 11 is 0. The summed E-state index contributed by atoms with van der Waals surface area (Å²) < 4.78 is 16.5. The first-order valence-electron chi connectivity index (χ1n) is 10.1. The molecule has 0 unspecified atom stereocenters. The van der Waals surface area contributed by atoms with Gasteiger partial charge in [-0.1, -0.05) is 0 Å². The fourth-order valence-corrected chi connectivity index (χ4v) is 3.65. The van der Waals surface area contributed by atoms with Gasteiger partial charge in [-0.2, -0.15) is 0 Å². The Bertz CT molecular complexity index is 925. The molecule has 31 heavy (non-hydrogen) atoms. The van der Waals surface area contributed by atoms with Crippen LogP contribution in [-0.4, -0.2) is 65.1 Å². The topological polar surface area (TPSA) is 132 Å². The molecule has 2 aromatic rings. The molecule has 3 N–H and O–H groups in total. The molecule has 2 amide bonds. The van der Waals surface area contributed by atoms with Crippen molar-refractivity contribution in [1.82, 2.24) is 20.6 Å². The van der Waals surface area contributed by atoms with E-state index in [1.165, 1.54) is 18.6 Å². The first-order chi connectivity index (χ1) is 15.1. The van der Waals surface area contributed by atoms with Gasteiger partial charge in [0.05, 0.1) is 24.9 Å². The van der Waals surface area contributed by atoms with Gasteiger partial charge in [0.1, 0.15) is 11.8 Å². The lowest BCUT2D eigenvalue weighted by Crippen LogP contribution is -2.51. The van der Waals surface area contributed by atoms with Crippen LogP contribution < -0.4 is 20.1 Å². The number of carbonyl (C=O) groups excluding carboxylic acids is 2. The molecule has 3 atom stereocenters. The SMILES string of the molecule is O=C(NCC[C@@H]1CC[C@H](NC(=O)c2cnccn2)[C@@H](CO)O1)c1ccc2c(c1)OCO2. The Balaban J connectivity index is 1.23.